The van der Waals surface area contributed by atoms with Gasteiger partial charge in [-0.3, -0.25) is 0 Å². The molecular weight excluding hydrogens is 202 g/mol. The van der Waals surface area contributed by atoms with Crippen LogP contribution in [0.3, 0.4) is 0 Å². The predicted molar refractivity (Wildman–Crippen MR) is 63.9 cm³/mol. The van der Waals surface area contributed by atoms with Crippen LogP contribution >= 0.6 is 0 Å². The third-order valence-corrected chi connectivity index (χ3v) is 3.26. The van der Waals surface area contributed by atoms with E-state index in [-0.39, 0.29) is 6.10 Å². The van der Waals surface area contributed by atoms with Crippen LogP contribution in [-0.2, 0) is 9.47 Å². The van der Waals surface area contributed by atoms with E-state index in [1.165, 1.54) is 5.57 Å². The van der Waals surface area contributed by atoms with Crippen LogP contribution in [0.4, 0.5) is 0 Å². The Morgan fingerprint density at radius 2 is 2.38 bits per heavy atom. The Labute approximate surface area is 97.3 Å². The molecule has 1 unspecified atom stereocenters. The number of rotatable bonds is 3. The Hall–Kier alpha value is -0.640. The highest BCUT2D eigenvalue weighted by Crippen LogP contribution is 2.32. The molecule has 0 saturated carbocycles. The summed E-state index contributed by atoms with van der Waals surface area (Å²) in [5.74, 6) is -0.157. The first kappa shape index (κ1) is 11.8. The third kappa shape index (κ3) is 2.54. The molecule has 0 aromatic rings. The Morgan fingerprint density at radius 3 is 2.88 bits per heavy atom. The molecule has 0 amide bonds. The van der Waals surface area contributed by atoms with Crippen molar-refractivity contribution in [2.45, 2.75) is 38.6 Å². The van der Waals surface area contributed by atoms with E-state index in [2.05, 4.69) is 18.2 Å². The van der Waals surface area contributed by atoms with Gasteiger partial charge in [0.25, 0.3) is 0 Å². The molecular formula is C13H21NO2. The van der Waals surface area contributed by atoms with Crippen molar-refractivity contribution in [3.05, 3.63) is 23.8 Å². The van der Waals surface area contributed by atoms with Gasteiger partial charge in [0, 0.05) is 12.5 Å². The predicted octanol–water partition coefficient (Wildman–Crippen LogP) is 1.99. The molecule has 2 rings (SSSR count). The summed E-state index contributed by atoms with van der Waals surface area (Å²) in [6.07, 6.45) is 8.79. The van der Waals surface area contributed by atoms with Crippen molar-refractivity contribution in [2.24, 2.45) is 11.7 Å². The summed E-state index contributed by atoms with van der Waals surface area (Å²) in [4.78, 5) is 0. The van der Waals surface area contributed by atoms with E-state index in [1.807, 2.05) is 13.8 Å². The van der Waals surface area contributed by atoms with Crippen molar-refractivity contribution in [3.63, 3.8) is 0 Å². The maximum atomic E-state index is 5.89. The number of ether oxygens (including phenoxy) is 2. The van der Waals surface area contributed by atoms with E-state index >= 15 is 0 Å². The first-order chi connectivity index (χ1) is 7.62. The van der Waals surface area contributed by atoms with Crippen molar-refractivity contribution in [3.8, 4) is 0 Å². The maximum absolute atomic E-state index is 5.89. The molecule has 1 fully saturated rings. The van der Waals surface area contributed by atoms with Crippen molar-refractivity contribution in [2.75, 3.05) is 13.2 Å². The van der Waals surface area contributed by atoms with Crippen LogP contribution in [0.15, 0.2) is 23.8 Å². The maximum Gasteiger partial charge on any atom is 0.163 e. The van der Waals surface area contributed by atoms with Gasteiger partial charge in [0.05, 0.1) is 12.7 Å². The van der Waals surface area contributed by atoms with Crippen molar-refractivity contribution >= 4 is 0 Å². The van der Waals surface area contributed by atoms with Crippen LogP contribution in [0.1, 0.15) is 26.7 Å². The lowest BCUT2D eigenvalue weighted by Crippen LogP contribution is -2.33. The average molecular weight is 223 g/mol. The molecule has 1 aliphatic carbocycles. The van der Waals surface area contributed by atoms with Crippen molar-refractivity contribution in [1.29, 1.82) is 0 Å². The first-order valence-electron chi connectivity index (χ1n) is 6.00. The van der Waals surface area contributed by atoms with E-state index in [9.17, 15) is 0 Å². The Balaban J connectivity index is 2.05. The summed E-state index contributed by atoms with van der Waals surface area (Å²) in [7, 11) is 0. The lowest BCUT2D eigenvalue weighted by atomic mass is 9.88. The lowest BCUT2D eigenvalue weighted by Gasteiger charge is -2.26. The van der Waals surface area contributed by atoms with Crippen LogP contribution in [0.25, 0.3) is 0 Å². The van der Waals surface area contributed by atoms with Gasteiger partial charge < -0.3 is 15.2 Å². The second-order valence-electron chi connectivity index (χ2n) is 4.92. The highest BCUT2D eigenvalue weighted by Gasteiger charge is 2.37. The van der Waals surface area contributed by atoms with Gasteiger partial charge in [-0.1, -0.05) is 23.8 Å². The molecule has 0 aromatic carbocycles. The summed E-state index contributed by atoms with van der Waals surface area (Å²) in [6, 6.07) is 0. The SMILES string of the molecule is CC1(C)OC[C@@H](C(CN)C2=CC=CCC2)O1. The zero-order chi connectivity index (χ0) is 11.6. The molecule has 2 N–H and O–H groups in total. The molecule has 2 atom stereocenters. The molecule has 1 saturated heterocycles. The molecule has 0 radical (unpaired) electrons. The molecule has 90 valence electrons. The molecule has 0 bridgehead atoms. The van der Waals surface area contributed by atoms with E-state index in [1.54, 1.807) is 0 Å². The molecule has 0 spiro atoms. The van der Waals surface area contributed by atoms with Gasteiger partial charge >= 0.3 is 0 Å². The summed E-state index contributed by atoms with van der Waals surface area (Å²) >= 11 is 0. The van der Waals surface area contributed by atoms with Crippen LogP contribution < -0.4 is 5.73 Å². The van der Waals surface area contributed by atoms with Crippen LogP contribution in [0, 0.1) is 5.92 Å². The first-order valence-corrected chi connectivity index (χ1v) is 6.00. The molecule has 1 aliphatic heterocycles. The quantitative estimate of drug-likeness (QED) is 0.795. The average Bonchev–Trinajstić information content (AvgIpc) is 2.62. The fraction of sp³-hybridized carbons (Fsp3) is 0.692. The van der Waals surface area contributed by atoms with Gasteiger partial charge in [-0.2, -0.15) is 0 Å². The third-order valence-electron chi connectivity index (χ3n) is 3.26. The Kier molecular flexibility index (Phi) is 3.47. The monoisotopic (exact) mass is 223 g/mol. The van der Waals surface area contributed by atoms with Gasteiger partial charge in [0.1, 0.15) is 0 Å². The van der Waals surface area contributed by atoms with Crippen LogP contribution in [0.2, 0.25) is 0 Å². The van der Waals surface area contributed by atoms with Crippen molar-refractivity contribution in [1.82, 2.24) is 0 Å². The van der Waals surface area contributed by atoms with Crippen LogP contribution in [-0.4, -0.2) is 25.0 Å². The molecule has 2 aliphatic rings. The minimum absolute atomic E-state index is 0.109. The second kappa shape index (κ2) is 4.70. The zero-order valence-corrected chi connectivity index (χ0v) is 10.1. The molecule has 1 heterocycles. The summed E-state index contributed by atoms with van der Waals surface area (Å²) in [5.41, 5.74) is 7.27. The van der Waals surface area contributed by atoms with E-state index in [0.717, 1.165) is 12.8 Å². The number of allylic oxidation sites excluding steroid dienone is 3. The largest absolute Gasteiger partial charge is 0.348 e. The number of nitrogens with two attached hydrogens (primary N) is 1. The second-order valence-corrected chi connectivity index (χ2v) is 4.92. The standard InChI is InChI=1S/C13H21NO2/c1-13(2)15-9-12(16-13)11(8-14)10-6-4-3-5-7-10/h3-4,6,11-12H,5,7-9,14H2,1-2H3/t11?,12-/m0/s1. The minimum Gasteiger partial charge on any atom is -0.348 e. The highest BCUT2D eigenvalue weighted by molar-refractivity contribution is 5.21. The highest BCUT2D eigenvalue weighted by atomic mass is 16.7. The van der Waals surface area contributed by atoms with Gasteiger partial charge in [-0.05, 0) is 26.7 Å². The summed E-state index contributed by atoms with van der Waals surface area (Å²) in [5, 5.41) is 0. The van der Waals surface area contributed by atoms with Gasteiger partial charge in [-0.25, -0.2) is 0 Å². The smallest absolute Gasteiger partial charge is 0.163 e. The number of hydrogen-bond donors (Lipinski definition) is 1. The van der Waals surface area contributed by atoms with Crippen LogP contribution in [0.5, 0.6) is 0 Å². The van der Waals surface area contributed by atoms with Gasteiger partial charge in [-0.15, -0.1) is 0 Å². The molecule has 16 heavy (non-hydrogen) atoms. The molecule has 3 nitrogen and oxygen atoms in total. The fourth-order valence-electron chi connectivity index (χ4n) is 2.39. The summed E-state index contributed by atoms with van der Waals surface area (Å²) in [6.45, 7) is 5.19. The Morgan fingerprint density at radius 1 is 1.56 bits per heavy atom. The molecule has 0 aromatic heterocycles. The lowest BCUT2D eigenvalue weighted by molar-refractivity contribution is -0.142. The van der Waals surface area contributed by atoms with E-state index in [0.29, 0.717) is 19.1 Å². The zero-order valence-electron chi connectivity index (χ0n) is 10.1. The summed E-state index contributed by atoms with van der Waals surface area (Å²) < 4.78 is 11.5. The normalized spacial score (nSPS) is 30.2. The van der Waals surface area contributed by atoms with E-state index in [4.69, 9.17) is 15.2 Å². The number of hydrogen-bond acceptors (Lipinski definition) is 3. The van der Waals surface area contributed by atoms with Gasteiger partial charge in [0.15, 0.2) is 5.79 Å². The Bertz CT molecular complexity index is 307. The van der Waals surface area contributed by atoms with Gasteiger partial charge in [0.2, 0.25) is 0 Å². The fourth-order valence-corrected chi connectivity index (χ4v) is 2.39. The minimum atomic E-state index is -0.455. The molecule has 3 heteroatoms. The topological polar surface area (TPSA) is 44.5 Å². The van der Waals surface area contributed by atoms with E-state index < -0.39 is 5.79 Å². The van der Waals surface area contributed by atoms with Crippen molar-refractivity contribution < 1.29 is 9.47 Å².